The number of nitrogens with two attached hydrogens (primary N) is 1. The highest BCUT2D eigenvalue weighted by Crippen LogP contribution is 2.18. The van der Waals surface area contributed by atoms with Crippen LogP contribution in [0.3, 0.4) is 0 Å². The van der Waals surface area contributed by atoms with Crippen molar-refractivity contribution in [3.8, 4) is 0 Å². The Bertz CT molecular complexity index is 380. The molecule has 0 saturated heterocycles. The number of aromatic nitrogens is 2. The summed E-state index contributed by atoms with van der Waals surface area (Å²) in [7, 11) is 3.57. The molecule has 7 nitrogen and oxygen atoms in total. The average molecular weight is 240 g/mol. The van der Waals surface area contributed by atoms with Gasteiger partial charge in [-0.1, -0.05) is 0 Å². The van der Waals surface area contributed by atoms with Gasteiger partial charge in [0.25, 0.3) is 0 Å². The topological polar surface area (TPSA) is 113 Å². The molecule has 2 unspecified atom stereocenters. The first-order valence-electron chi connectivity index (χ1n) is 5.05. The van der Waals surface area contributed by atoms with Gasteiger partial charge in [-0.15, -0.1) is 0 Å². The molecule has 0 spiro atoms. The lowest BCUT2D eigenvalue weighted by Gasteiger charge is -2.17. The average Bonchev–Trinajstić information content (AvgIpc) is 2.27. The van der Waals surface area contributed by atoms with E-state index in [0.29, 0.717) is 11.5 Å². The minimum Gasteiger partial charge on any atom is -0.390 e. The molecule has 1 aromatic rings. The molecule has 0 aliphatic heterocycles. The number of carbonyl (C=O) groups excluding carboxylic acids is 1. The number of amides is 1. The number of hydrogen-bond acceptors (Lipinski definition) is 6. The third-order valence-corrected chi connectivity index (χ3v) is 2.17. The largest absolute Gasteiger partial charge is 0.390 e. The van der Waals surface area contributed by atoms with E-state index in [4.69, 9.17) is 5.73 Å². The van der Waals surface area contributed by atoms with Gasteiger partial charge < -0.3 is 20.8 Å². The van der Waals surface area contributed by atoms with E-state index < -0.39 is 18.1 Å². The van der Waals surface area contributed by atoms with Crippen LogP contribution < -0.4 is 10.6 Å². The number of aliphatic hydroxyl groups excluding tert-OH is 2. The molecule has 7 heteroatoms. The first kappa shape index (κ1) is 13.3. The van der Waals surface area contributed by atoms with Gasteiger partial charge in [0.15, 0.2) is 0 Å². The van der Waals surface area contributed by atoms with Gasteiger partial charge in [-0.2, -0.15) is 0 Å². The van der Waals surface area contributed by atoms with Crippen LogP contribution in [0.15, 0.2) is 12.4 Å². The van der Waals surface area contributed by atoms with E-state index in [9.17, 15) is 15.0 Å². The summed E-state index contributed by atoms with van der Waals surface area (Å²) >= 11 is 0. The SMILES string of the molecule is CN(C)c1ncc(C(O)C(O)CC(N)=O)cn1. The molecule has 0 saturated carbocycles. The summed E-state index contributed by atoms with van der Waals surface area (Å²) in [6.45, 7) is 0. The maximum atomic E-state index is 10.6. The number of nitrogens with zero attached hydrogens (tertiary/aromatic N) is 3. The molecule has 1 amide bonds. The fourth-order valence-electron chi connectivity index (χ4n) is 1.25. The Morgan fingerprint density at radius 2 is 1.94 bits per heavy atom. The number of primary amides is 1. The van der Waals surface area contributed by atoms with Gasteiger partial charge >= 0.3 is 0 Å². The Morgan fingerprint density at radius 3 is 2.35 bits per heavy atom. The Labute approximate surface area is 98.9 Å². The van der Waals surface area contributed by atoms with Crippen molar-refractivity contribution in [2.24, 2.45) is 5.73 Å². The van der Waals surface area contributed by atoms with Gasteiger partial charge in [0.2, 0.25) is 11.9 Å². The van der Waals surface area contributed by atoms with E-state index in [1.807, 2.05) is 0 Å². The maximum absolute atomic E-state index is 10.6. The van der Waals surface area contributed by atoms with E-state index in [0.717, 1.165) is 0 Å². The number of aliphatic hydroxyl groups is 2. The number of carbonyl (C=O) groups is 1. The maximum Gasteiger partial charge on any atom is 0.224 e. The smallest absolute Gasteiger partial charge is 0.224 e. The Hall–Kier alpha value is -1.73. The van der Waals surface area contributed by atoms with Gasteiger partial charge in [0, 0.05) is 32.1 Å². The van der Waals surface area contributed by atoms with Crippen LogP contribution in [0.5, 0.6) is 0 Å². The van der Waals surface area contributed by atoms with Crippen LogP contribution in [0.2, 0.25) is 0 Å². The highest BCUT2D eigenvalue weighted by Gasteiger charge is 2.21. The van der Waals surface area contributed by atoms with Crippen molar-refractivity contribution in [1.82, 2.24) is 9.97 Å². The van der Waals surface area contributed by atoms with E-state index in [1.165, 1.54) is 12.4 Å². The van der Waals surface area contributed by atoms with Crippen LogP contribution in [0.1, 0.15) is 18.1 Å². The van der Waals surface area contributed by atoms with Crippen LogP contribution in [0.25, 0.3) is 0 Å². The van der Waals surface area contributed by atoms with Gasteiger partial charge in [0.05, 0.1) is 12.5 Å². The highest BCUT2D eigenvalue weighted by molar-refractivity contribution is 5.74. The standard InChI is InChI=1S/C10H16N4O3/c1-14(2)10-12-4-6(5-13-10)9(17)7(15)3-8(11)16/h4-5,7,9,15,17H,3H2,1-2H3,(H2,11,16). The molecule has 0 fully saturated rings. The van der Waals surface area contributed by atoms with Crippen LogP contribution in [-0.4, -0.2) is 46.3 Å². The quantitative estimate of drug-likeness (QED) is 0.596. The van der Waals surface area contributed by atoms with Crippen molar-refractivity contribution in [3.05, 3.63) is 18.0 Å². The molecule has 0 radical (unpaired) electrons. The molecule has 0 aromatic carbocycles. The summed E-state index contributed by atoms with van der Waals surface area (Å²) in [5.41, 5.74) is 5.26. The zero-order chi connectivity index (χ0) is 13.0. The zero-order valence-corrected chi connectivity index (χ0v) is 9.74. The molecule has 1 heterocycles. The van der Waals surface area contributed by atoms with Crippen molar-refractivity contribution in [3.63, 3.8) is 0 Å². The molecule has 2 atom stereocenters. The number of anilines is 1. The second-order valence-corrected chi connectivity index (χ2v) is 3.89. The first-order valence-corrected chi connectivity index (χ1v) is 5.05. The molecule has 4 N–H and O–H groups in total. The number of hydrogen-bond donors (Lipinski definition) is 3. The Morgan fingerprint density at radius 1 is 1.41 bits per heavy atom. The van der Waals surface area contributed by atoms with Crippen LogP contribution in [-0.2, 0) is 4.79 Å². The van der Waals surface area contributed by atoms with Crippen molar-refractivity contribution >= 4 is 11.9 Å². The van der Waals surface area contributed by atoms with Gasteiger partial charge in [0.1, 0.15) is 6.10 Å². The van der Waals surface area contributed by atoms with Gasteiger partial charge in [-0.25, -0.2) is 9.97 Å². The summed E-state index contributed by atoms with van der Waals surface area (Å²) < 4.78 is 0. The minimum absolute atomic E-state index is 0.309. The molecule has 17 heavy (non-hydrogen) atoms. The molecular formula is C10H16N4O3. The second kappa shape index (κ2) is 5.55. The van der Waals surface area contributed by atoms with Crippen LogP contribution in [0.4, 0.5) is 5.95 Å². The normalized spacial score (nSPS) is 14.1. The van der Waals surface area contributed by atoms with Crippen molar-refractivity contribution in [2.45, 2.75) is 18.6 Å². The van der Waals surface area contributed by atoms with Gasteiger partial charge in [-0.3, -0.25) is 4.79 Å². The van der Waals surface area contributed by atoms with Crippen molar-refractivity contribution < 1.29 is 15.0 Å². The lowest BCUT2D eigenvalue weighted by Crippen LogP contribution is -2.26. The number of rotatable bonds is 5. The predicted molar refractivity (Wildman–Crippen MR) is 61.1 cm³/mol. The predicted octanol–water partition coefficient (Wildman–Crippen LogP) is -1.19. The molecule has 1 rings (SSSR count). The summed E-state index contributed by atoms with van der Waals surface area (Å²) in [6.07, 6.45) is 0.0189. The highest BCUT2D eigenvalue weighted by atomic mass is 16.3. The Kier molecular flexibility index (Phi) is 4.36. The van der Waals surface area contributed by atoms with Crippen LogP contribution in [0, 0.1) is 0 Å². The third kappa shape index (κ3) is 3.65. The summed E-state index contributed by atoms with van der Waals surface area (Å²) in [5, 5.41) is 19.2. The Balaban J connectivity index is 2.75. The van der Waals surface area contributed by atoms with E-state index in [-0.39, 0.29) is 6.42 Å². The van der Waals surface area contributed by atoms with E-state index in [1.54, 1.807) is 19.0 Å². The second-order valence-electron chi connectivity index (χ2n) is 3.89. The zero-order valence-electron chi connectivity index (χ0n) is 9.74. The molecule has 1 aromatic heterocycles. The van der Waals surface area contributed by atoms with Crippen LogP contribution >= 0.6 is 0 Å². The fraction of sp³-hybridized carbons (Fsp3) is 0.500. The lowest BCUT2D eigenvalue weighted by atomic mass is 10.1. The fourth-order valence-corrected chi connectivity index (χ4v) is 1.25. The molecule has 0 aliphatic rings. The molecule has 94 valence electrons. The van der Waals surface area contributed by atoms with Gasteiger partial charge in [-0.05, 0) is 0 Å². The van der Waals surface area contributed by atoms with E-state index in [2.05, 4.69) is 9.97 Å². The first-order chi connectivity index (χ1) is 7.91. The van der Waals surface area contributed by atoms with E-state index >= 15 is 0 Å². The monoisotopic (exact) mass is 240 g/mol. The minimum atomic E-state index is -1.25. The third-order valence-electron chi connectivity index (χ3n) is 2.17. The van der Waals surface area contributed by atoms with Crippen molar-refractivity contribution in [2.75, 3.05) is 19.0 Å². The summed E-state index contributed by atoms with van der Waals surface area (Å²) in [5.74, 6) is -0.187. The molecule has 0 bridgehead atoms. The summed E-state index contributed by atoms with van der Waals surface area (Å²) in [4.78, 5) is 20.3. The molecular weight excluding hydrogens is 224 g/mol. The van der Waals surface area contributed by atoms with Crippen molar-refractivity contribution in [1.29, 1.82) is 0 Å². The summed E-state index contributed by atoms with van der Waals surface area (Å²) in [6, 6.07) is 0. The molecule has 0 aliphatic carbocycles. The lowest BCUT2D eigenvalue weighted by molar-refractivity contribution is -0.121.